The number of non-ortho nitro benzene ring substituents is 1. The zero-order chi connectivity index (χ0) is 14.7. The molecule has 1 N–H and O–H groups in total. The largest absolute Gasteiger partial charge is 0.411 e. The standard InChI is InChI=1S/C12H13N3O5/c16-13-11-4-2-1-3-9(11)10-6-5-8(14(17)18)7-12(10)15(19)20/h5-7,9,16H,1-4H2/b13-11+/t9-/m0/s1. The lowest BCUT2D eigenvalue weighted by Crippen LogP contribution is -2.18. The summed E-state index contributed by atoms with van der Waals surface area (Å²) in [4.78, 5) is 20.5. The van der Waals surface area contributed by atoms with Crippen molar-refractivity contribution >= 4 is 17.1 Å². The number of hydrogen-bond acceptors (Lipinski definition) is 6. The minimum atomic E-state index is -0.668. The lowest BCUT2D eigenvalue weighted by Gasteiger charge is -2.22. The van der Waals surface area contributed by atoms with E-state index in [1.807, 2.05) is 0 Å². The molecule has 0 unspecified atom stereocenters. The van der Waals surface area contributed by atoms with Gasteiger partial charge in [0.2, 0.25) is 0 Å². The molecule has 1 aliphatic rings. The molecule has 0 bridgehead atoms. The Morgan fingerprint density at radius 3 is 2.55 bits per heavy atom. The number of nitrogens with zero attached hydrogens (tertiary/aromatic N) is 3. The number of benzene rings is 1. The van der Waals surface area contributed by atoms with Crippen molar-refractivity contribution in [3.8, 4) is 0 Å². The van der Waals surface area contributed by atoms with Gasteiger partial charge in [0.15, 0.2) is 0 Å². The summed E-state index contributed by atoms with van der Waals surface area (Å²) in [6, 6.07) is 3.59. The third-order valence-electron chi connectivity index (χ3n) is 3.50. The van der Waals surface area contributed by atoms with Gasteiger partial charge in [-0.2, -0.15) is 0 Å². The summed E-state index contributed by atoms with van der Waals surface area (Å²) in [6.45, 7) is 0. The fourth-order valence-electron chi connectivity index (χ4n) is 2.55. The van der Waals surface area contributed by atoms with Gasteiger partial charge in [0.05, 0.1) is 21.6 Å². The highest BCUT2D eigenvalue weighted by Gasteiger charge is 2.30. The van der Waals surface area contributed by atoms with Gasteiger partial charge in [-0.1, -0.05) is 11.6 Å². The van der Waals surface area contributed by atoms with Crippen molar-refractivity contribution in [3.05, 3.63) is 44.0 Å². The van der Waals surface area contributed by atoms with Gasteiger partial charge in [-0.05, 0) is 25.3 Å². The summed E-state index contributed by atoms with van der Waals surface area (Å²) >= 11 is 0. The topological polar surface area (TPSA) is 119 Å². The third-order valence-corrected chi connectivity index (χ3v) is 3.50. The summed E-state index contributed by atoms with van der Waals surface area (Å²) < 4.78 is 0. The average Bonchev–Trinajstić information content (AvgIpc) is 2.46. The normalized spacial score (nSPS) is 20.8. The van der Waals surface area contributed by atoms with Gasteiger partial charge in [0.25, 0.3) is 11.4 Å². The molecule has 1 aromatic rings. The predicted molar refractivity (Wildman–Crippen MR) is 70.2 cm³/mol. The molecule has 1 atom stereocenters. The van der Waals surface area contributed by atoms with Crippen LogP contribution in [0.5, 0.6) is 0 Å². The van der Waals surface area contributed by atoms with Gasteiger partial charge in [0, 0.05) is 17.5 Å². The first kappa shape index (κ1) is 13.9. The Balaban J connectivity index is 2.50. The summed E-state index contributed by atoms with van der Waals surface area (Å²) in [7, 11) is 0. The van der Waals surface area contributed by atoms with Crippen LogP contribution in [0.25, 0.3) is 0 Å². The molecule has 0 heterocycles. The monoisotopic (exact) mass is 279 g/mol. The molecule has 0 spiro atoms. The van der Waals surface area contributed by atoms with E-state index in [-0.39, 0.29) is 17.3 Å². The van der Waals surface area contributed by atoms with E-state index in [1.165, 1.54) is 12.1 Å². The molecule has 0 amide bonds. The molecule has 0 aliphatic heterocycles. The zero-order valence-electron chi connectivity index (χ0n) is 10.6. The third kappa shape index (κ3) is 2.58. The molecular formula is C12H13N3O5. The second-order valence-corrected chi connectivity index (χ2v) is 4.65. The minimum absolute atomic E-state index is 0.299. The number of oxime groups is 1. The lowest BCUT2D eigenvalue weighted by molar-refractivity contribution is -0.394. The van der Waals surface area contributed by atoms with Crippen molar-refractivity contribution in [2.45, 2.75) is 31.6 Å². The molecule has 1 aromatic carbocycles. The quantitative estimate of drug-likeness (QED) is 0.518. The second-order valence-electron chi connectivity index (χ2n) is 4.65. The fraction of sp³-hybridized carbons (Fsp3) is 0.417. The first-order valence-electron chi connectivity index (χ1n) is 6.18. The van der Waals surface area contributed by atoms with E-state index in [1.54, 1.807) is 0 Å². The first-order valence-corrected chi connectivity index (χ1v) is 6.18. The van der Waals surface area contributed by atoms with Crippen LogP contribution in [-0.4, -0.2) is 20.8 Å². The highest BCUT2D eigenvalue weighted by molar-refractivity contribution is 5.92. The minimum Gasteiger partial charge on any atom is -0.411 e. The molecule has 8 heteroatoms. The van der Waals surface area contributed by atoms with Crippen LogP contribution in [-0.2, 0) is 0 Å². The predicted octanol–water partition coefficient (Wildman–Crippen LogP) is 2.99. The molecular weight excluding hydrogens is 266 g/mol. The summed E-state index contributed by atoms with van der Waals surface area (Å²) in [5.41, 5.74) is 0.243. The molecule has 0 radical (unpaired) electrons. The van der Waals surface area contributed by atoms with E-state index in [4.69, 9.17) is 5.21 Å². The Hall–Kier alpha value is -2.51. The van der Waals surface area contributed by atoms with Gasteiger partial charge in [-0.3, -0.25) is 20.2 Å². The fourth-order valence-corrected chi connectivity index (χ4v) is 2.55. The van der Waals surface area contributed by atoms with Gasteiger partial charge in [0.1, 0.15) is 0 Å². The summed E-state index contributed by atoms with van der Waals surface area (Å²) in [5, 5.41) is 34.0. The van der Waals surface area contributed by atoms with Crippen LogP contribution in [0.15, 0.2) is 23.4 Å². The number of nitro benzene ring substituents is 2. The highest BCUT2D eigenvalue weighted by atomic mass is 16.6. The average molecular weight is 279 g/mol. The zero-order valence-corrected chi connectivity index (χ0v) is 10.6. The van der Waals surface area contributed by atoms with Crippen LogP contribution in [0.1, 0.15) is 37.2 Å². The molecule has 106 valence electrons. The Labute approximate surface area is 114 Å². The molecule has 20 heavy (non-hydrogen) atoms. The van der Waals surface area contributed by atoms with E-state index in [2.05, 4.69) is 5.16 Å². The van der Waals surface area contributed by atoms with E-state index >= 15 is 0 Å². The van der Waals surface area contributed by atoms with Crippen molar-refractivity contribution in [2.24, 2.45) is 5.16 Å². The van der Waals surface area contributed by atoms with Crippen molar-refractivity contribution in [1.82, 2.24) is 0 Å². The molecule has 0 saturated heterocycles. The van der Waals surface area contributed by atoms with Crippen LogP contribution < -0.4 is 0 Å². The lowest BCUT2D eigenvalue weighted by atomic mass is 9.81. The highest BCUT2D eigenvalue weighted by Crippen LogP contribution is 2.37. The maximum absolute atomic E-state index is 11.1. The van der Waals surface area contributed by atoms with Crippen LogP contribution >= 0.6 is 0 Å². The van der Waals surface area contributed by atoms with Gasteiger partial charge in [-0.15, -0.1) is 0 Å². The number of hydrogen-bond donors (Lipinski definition) is 1. The Morgan fingerprint density at radius 1 is 1.20 bits per heavy atom. The molecule has 1 fully saturated rings. The van der Waals surface area contributed by atoms with Crippen LogP contribution in [0.3, 0.4) is 0 Å². The van der Waals surface area contributed by atoms with Crippen molar-refractivity contribution in [2.75, 3.05) is 0 Å². The molecule has 1 saturated carbocycles. The Bertz CT molecular complexity index is 584. The van der Waals surface area contributed by atoms with E-state index < -0.39 is 9.85 Å². The van der Waals surface area contributed by atoms with Crippen LogP contribution in [0, 0.1) is 20.2 Å². The maximum Gasteiger partial charge on any atom is 0.280 e. The van der Waals surface area contributed by atoms with Crippen LogP contribution in [0.2, 0.25) is 0 Å². The smallest absolute Gasteiger partial charge is 0.280 e. The second kappa shape index (κ2) is 5.64. The van der Waals surface area contributed by atoms with Crippen molar-refractivity contribution in [1.29, 1.82) is 0 Å². The van der Waals surface area contributed by atoms with Gasteiger partial charge >= 0.3 is 0 Å². The number of nitro groups is 2. The van der Waals surface area contributed by atoms with Gasteiger partial charge in [-0.25, -0.2) is 0 Å². The Kier molecular flexibility index (Phi) is 3.92. The first-order chi connectivity index (χ1) is 9.54. The van der Waals surface area contributed by atoms with Crippen molar-refractivity contribution < 1.29 is 15.1 Å². The SMILES string of the molecule is O=[N+]([O-])c1ccc([C@@H]2CCCC/C2=N\O)c([N+](=O)[O-])c1. The van der Waals surface area contributed by atoms with Crippen LogP contribution in [0.4, 0.5) is 11.4 Å². The molecule has 2 rings (SSSR count). The number of rotatable bonds is 3. The van der Waals surface area contributed by atoms with E-state index in [0.29, 0.717) is 24.1 Å². The summed E-state index contributed by atoms with van der Waals surface area (Å²) in [5.74, 6) is -0.352. The van der Waals surface area contributed by atoms with E-state index in [0.717, 1.165) is 18.9 Å². The van der Waals surface area contributed by atoms with Gasteiger partial charge < -0.3 is 5.21 Å². The maximum atomic E-state index is 11.1. The summed E-state index contributed by atoms with van der Waals surface area (Å²) in [6.07, 6.45) is 2.96. The van der Waals surface area contributed by atoms with E-state index in [9.17, 15) is 20.2 Å². The van der Waals surface area contributed by atoms with Crippen molar-refractivity contribution in [3.63, 3.8) is 0 Å². The Morgan fingerprint density at radius 2 is 1.95 bits per heavy atom. The molecule has 8 nitrogen and oxygen atoms in total. The molecule has 0 aromatic heterocycles. The molecule has 1 aliphatic carbocycles.